The maximum atomic E-state index is 13.0. The molecule has 2 aliphatic heterocycles. The zero-order valence-electron chi connectivity index (χ0n) is 20.5. The summed E-state index contributed by atoms with van der Waals surface area (Å²) in [6.45, 7) is 10.8. The smallest absolute Gasteiger partial charge is 0.255 e. The van der Waals surface area contributed by atoms with Crippen LogP contribution in [0.2, 0.25) is 0 Å². The van der Waals surface area contributed by atoms with E-state index < -0.39 is 11.9 Å². The summed E-state index contributed by atoms with van der Waals surface area (Å²) in [5, 5.41) is 2.34. The third-order valence-electron chi connectivity index (χ3n) is 6.97. The standard InChI is InChI=1S/C27H35N3O4/c1-17(2)29(18(3)4)14-19-8-10-20(11-9-19)16-34-24-7-5-6-21-22(24)15-30(27(21)33)23-12-13-25(31)28-26(23)32/h5-8,10-11,17-19,23H,9,12-16H2,1-4H3,(H,28,31,32). The van der Waals surface area contributed by atoms with E-state index in [1.54, 1.807) is 11.0 Å². The van der Waals surface area contributed by atoms with E-state index in [9.17, 15) is 14.4 Å². The van der Waals surface area contributed by atoms with Gasteiger partial charge in [-0.25, -0.2) is 0 Å². The Balaban J connectivity index is 1.37. The number of imide groups is 1. The van der Waals surface area contributed by atoms with Gasteiger partial charge in [0, 0.05) is 36.2 Å². The molecule has 1 aliphatic carbocycles. The highest BCUT2D eigenvalue weighted by Gasteiger charge is 2.40. The molecule has 1 saturated heterocycles. The Hall–Kier alpha value is -2.93. The Morgan fingerprint density at radius 1 is 1.15 bits per heavy atom. The van der Waals surface area contributed by atoms with E-state index >= 15 is 0 Å². The lowest BCUT2D eigenvalue weighted by Crippen LogP contribution is -2.52. The van der Waals surface area contributed by atoms with Gasteiger partial charge in [-0.05, 0) is 64.2 Å². The van der Waals surface area contributed by atoms with Crippen LogP contribution in [0.15, 0.2) is 42.0 Å². The molecule has 3 amide bonds. The van der Waals surface area contributed by atoms with Crippen molar-refractivity contribution in [2.24, 2.45) is 5.92 Å². The van der Waals surface area contributed by atoms with Gasteiger partial charge >= 0.3 is 0 Å². The molecule has 2 unspecified atom stereocenters. The number of hydrogen-bond donors (Lipinski definition) is 1. The fourth-order valence-corrected chi connectivity index (χ4v) is 5.09. The number of benzene rings is 1. The van der Waals surface area contributed by atoms with Gasteiger partial charge in [-0.15, -0.1) is 0 Å². The van der Waals surface area contributed by atoms with Gasteiger partial charge in [0.25, 0.3) is 5.91 Å². The van der Waals surface area contributed by atoms with Crippen molar-refractivity contribution in [1.82, 2.24) is 15.1 Å². The quantitative estimate of drug-likeness (QED) is 0.595. The number of carbonyl (C=O) groups excluding carboxylic acids is 3. The summed E-state index contributed by atoms with van der Waals surface area (Å²) < 4.78 is 6.15. The van der Waals surface area contributed by atoms with Crippen molar-refractivity contribution in [3.05, 3.63) is 53.1 Å². The molecule has 0 aromatic heterocycles. The largest absolute Gasteiger partial charge is 0.489 e. The second-order valence-corrected chi connectivity index (χ2v) is 9.99. The van der Waals surface area contributed by atoms with Crippen LogP contribution in [-0.4, -0.2) is 58.8 Å². The molecule has 1 fully saturated rings. The van der Waals surface area contributed by atoms with Crippen LogP contribution in [0.5, 0.6) is 5.75 Å². The maximum absolute atomic E-state index is 13.0. The van der Waals surface area contributed by atoms with Crippen LogP contribution in [0.3, 0.4) is 0 Å². The average Bonchev–Trinajstić information content (AvgIpc) is 3.13. The number of hydrogen-bond acceptors (Lipinski definition) is 5. The van der Waals surface area contributed by atoms with Crippen molar-refractivity contribution in [3.63, 3.8) is 0 Å². The van der Waals surface area contributed by atoms with Gasteiger partial charge in [0.15, 0.2) is 0 Å². The Bertz CT molecular complexity index is 1020. The number of piperidine rings is 1. The zero-order chi connectivity index (χ0) is 24.4. The van der Waals surface area contributed by atoms with Crippen molar-refractivity contribution in [3.8, 4) is 5.75 Å². The van der Waals surface area contributed by atoms with E-state index in [2.05, 4.69) is 56.1 Å². The average molecular weight is 466 g/mol. The predicted molar refractivity (Wildman–Crippen MR) is 130 cm³/mol. The van der Waals surface area contributed by atoms with Gasteiger partial charge in [-0.3, -0.25) is 24.6 Å². The molecule has 182 valence electrons. The van der Waals surface area contributed by atoms with E-state index in [-0.39, 0.29) is 18.2 Å². The summed E-state index contributed by atoms with van der Waals surface area (Å²) in [4.78, 5) is 40.8. The van der Waals surface area contributed by atoms with E-state index in [1.165, 1.54) is 0 Å². The summed E-state index contributed by atoms with van der Waals surface area (Å²) in [5.41, 5.74) is 2.50. The molecule has 1 N–H and O–H groups in total. The fourth-order valence-electron chi connectivity index (χ4n) is 5.09. The monoisotopic (exact) mass is 465 g/mol. The SMILES string of the molecule is CC(C)N(CC1C=CC(COc2cccc3c2CN(C2CCC(=O)NC2=O)C3=O)=CC1)C(C)C. The van der Waals surface area contributed by atoms with Crippen molar-refractivity contribution < 1.29 is 19.1 Å². The third-order valence-corrected chi connectivity index (χ3v) is 6.97. The maximum Gasteiger partial charge on any atom is 0.255 e. The van der Waals surface area contributed by atoms with Gasteiger partial charge in [-0.2, -0.15) is 0 Å². The number of ether oxygens (including phenoxy) is 1. The Morgan fingerprint density at radius 3 is 2.56 bits per heavy atom. The molecule has 7 heteroatoms. The molecule has 0 radical (unpaired) electrons. The normalized spacial score (nSPS) is 22.5. The van der Waals surface area contributed by atoms with E-state index in [0.717, 1.165) is 24.1 Å². The van der Waals surface area contributed by atoms with Crippen molar-refractivity contribution in [1.29, 1.82) is 0 Å². The first-order valence-electron chi connectivity index (χ1n) is 12.3. The minimum absolute atomic E-state index is 0.186. The van der Waals surface area contributed by atoms with Crippen LogP contribution in [0.25, 0.3) is 0 Å². The molecule has 1 aromatic rings. The van der Waals surface area contributed by atoms with E-state index in [1.807, 2.05) is 12.1 Å². The lowest BCUT2D eigenvalue weighted by Gasteiger charge is -2.33. The van der Waals surface area contributed by atoms with Gasteiger partial charge < -0.3 is 9.64 Å². The van der Waals surface area contributed by atoms with Crippen LogP contribution in [0.1, 0.15) is 62.9 Å². The van der Waals surface area contributed by atoms with Gasteiger partial charge in [0.2, 0.25) is 11.8 Å². The molecule has 1 aromatic carbocycles. The van der Waals surface area contributed by atoms with Gasteiger partial charge in [0.1, 0.15) is 18.4 Å². The Morgan fingerprint density at radius 2 is 1.91 bits per heavy atom. The second kappa shape index (κ2) is 10.1. The van der Waals surface area contributed by atoms with Crippen LogP contribution in [-0.2, 0) is 16.1 Å². The third kappa shape index (κ3) is 5.09. The van der Waals surface area contributed by atoms with Crippen molar-refractivity contribution in [2.45, 2.75) is 71.6 Å². The van der Waals surface area contributed by atoms with Crippen LogP contribution in [0, 0.1) is 5.92 Å². The highest BCUT2D eigenvalue weighted by Crippen LogP contribution is 2.34. The lowest BCUT2D eigenvalue weighted by molar-refractivity contribution is -0.136. The molecule has 0 bridgehead atoms. The molecular weight excluding hydrogens is 430 g/mol. The minimum atomic E-state index is -0.623. The van der Waals surface area contributed by atoms with Gasteiger partial charge in [0.05, 0.1) is 6.54 Å². The first-order valence-corrected chi connectivity index (χ1v) is 12.3. The summed E-state index contributed by atoms with van der Waals surface area (Å²) in [7, 11) is 0. The van der Waals surface area contributed by atoms with Crippen molar-refractivity contribution >= 4 is 17.7 Å². The molecule has 0 spiro atoms. The zero-order valence-corrected chi connectivity index (χ0v) is 20.5. The highest BCUT2D eigenvalue weighted by molar-refractivity contribution is 6.05. The predicted octanol–water partition coefficient (Wildman–Crippen LogP) is 3.45. The molecule has 34 heavy (non-hydrogen) atoms. The fraction of sp³-hybridized carbons (Fsp3) is 0.519. The van der Waals surface area contributed by atoms with Crippen LogP contribution >= 0.6 is 0 Å². The molecule has 2 atom stereocenters. The summed E-state index contributed by atoms with van der Waals surface area (Å²) >= 11 is 0. The second-order valence-electron chi connectivity index (χ2n) is 9.99. The topological polar surface area (TPSA) is 79.0 Å². The summed E-state index contributed by atoms with van der Waals surface area (Å²) in [6.07, 6.45) is 8.25. The minimum Gasteiger partial charge on any atom is -0.489 e. The summed E-state index contributed by atoms with van der Waals surface area (Å²) in [5.74, 6) is 0.290. The molecule has 3 aliphatic rings. The number of carbonyl (C=O) groups is 3. The number of nitrogens with zero attached hydrogens (tertiary/aromatic N) is 2. The molecular formula is C27H35N3O4. The van der Waals surface area contributed by atoms with E-state index in [0.29, 0.717) is 48.9 Å². The number of allylic oxidation sites excluding steroid dienone is 1. The number of rotatable bonds is 8. The molecule has 0 saturated carbocycles. The Kier molecular flexibility index (Phi) is 7.22. The molecule has 7 nitrogen and oxygen atoms in total. The van der Waals surface area contributed by atoms with Crippen LogP contribution < -0.4 is 10.1 Å². The van der Waals surface area contributed by atoms with Gasteiger partial charge in [-0.1, -0.05) is 24.3 Å². The van der Waals surface area contributed by atoms with Crippen molar-refractivity contribution in [2.75, 3.05) is 13.2 Å². The van der Waals surface area contributed by atoms with E-state index in [4.69, 9.17) is 4.74 Å². The Labute approximate surface area is 201 Å². The number of nitrogens with one attached hydrogen (secondary N) is 1. The van der Waals surface area contributed by atoms with Crippen LogP contribution in [0.4, 0.5) is 0 Å². The lowest BCUT2D eigenvalue weighted by atomic mass is 9.95. The molecule has 2 heterocycles. The first-order chi connectivity index (χ1) is 16.2. The summed E-state index contributed by atoms with van der Waals surface area (Å²) in [6, 6.07) is 5.87. The number of fused-ring (bicyclic) bond motifs is 1. The molecule has 4 rings (SSSR count). The number of amides is 3. The first kappa shape index (κ1) is 24.2. The highest BCUT2D eigenvalue weighted by atomic mass is 16.5.